The Morgan fingerprint density at radius 1 is 1.05 bits per heavy atom. The fourth-order valence-corrected chi connectivity index (χ4v) is 5.01. The van der Waals surface area contributed by atoms with Crippen molar-refractivity contribution in [2.45, 2.75) is 20.0 Å². The molecule has 2 heterocycles. The van der Waals surface area contributed by atoms with Crippen LogP contribution in [0, 0.1) is 6.92 Å². The van der Waals surface area contributed by atoms with Gasteiger partial charge in [0.05, 0.1) is 12.8 Å². The van der Waals surface area contributed by atoms with E-state index in [2.05, 4.69) is 29.3 Å². The molecular weight excluding hydrogens is 496 g/mol. The molecule has 4 aromatic rings. The Bertz CT molecular complexity index is 1470. The quantitative estimate of drug-likeness (QED) is 0.301. The normalized spacial score (nSPS) is 12.5. The van der Waals surface area contributed by atoms with Crippen LogP contribution in [0.5, 0.6) is 5.75 Å². The third kappa shape index (κ3) is 5.46. The molecule has 0 saturated heterocycles. The lowest BCUT2D eigenvalue weighted by molar-refractivity contribution is 0.0784. The largest absolute Gasteiger partial charge is 0.496 e. The number of hydrogen-bond donors (Lipinski definition) is 1. The highest BCUT2D eigenvalue weighted by molar-refractivity contribution is 6.30. The first kappa shape index (κ1) is 25.6. The lowest BCUT2D eigenvalue weighted by atomic mass is 10.0. The molecule has 38 heavy (non-hydrogen) atoms. The van der Waals surface area contributed by atoms with Crippen molar-refractivity contribution in [2.75, 3.05) is 37.5 Å². The molecule has 1 N–H and O–H groups in total. The second-order valence-corrected chi connectivity index (χ2v) is 10.0. The highest BCUT2D eigenvalue weighted by atomic mass is 35.5. The zero-order chi connectivity index (χ0) is 26.6. The predicted molar refractivity (Wildman–Crippen MR) is 154 cm³/mol. The van der Waals surface area contributed by atoms with Gasteiger partial charge in [-0.15, -0.1) is 0 Å². The van der Waals surface area contributed by atoms with Crippen molar-refractivity contribution in [1.82, 2.24) is 9.88 Å². The Kier molecular flexibility index (Phi) is 7.52. The second-order valence-electron chi connectivity index (χ2n) is 9.56. The number of carbonyl (C=O) groups is 1. The minimum atomic E-state index is -0.0524. The Labute approximate surface area is 228 Å². The van der Waals surface area contributed by atoms with Crippen LogP contribution in [0.25, 0.3) is 11.1 Å². The Balaban J connectivity index is 1.39. The van der Waals surface area contributed by atoms with Gasteiger partial charge < -0.3 is 19.9 Å². The van der Waals surface area contributed by atoms with Crippen LogP contribution in [-0.2, 0) is 13.1 Å². The van der Waals surface area contributed by atoms with Gasteiger partial charge in [-0.25, -0.2) is 4.98 Å². The summed E-state index contributed by atoms with van der Waals surface area (Å²) < 4.78 is 5.45. The van der Waals surface area contributed by atoms with Gasteiger partial charge in [0, 0.05) is 61.1 Å². The first-order valence-electron chi connectivity index (χ1n) is 12.6. The fraction of sp³-hybridized carbons (Fsp3) is 0.226. The van der Waals surface area contributed by atoms with E-state index in [0.717, 1.165) is 58.6 Å². The van der Waals surface area contributed by atoms with Crippen molar-refractivity contribution in [1.29, 1.82) is 0 Å². The monoisotopic (exact) mass is 526 g/mol. The minimum absolute atomic E-state index is 0.0524. The molecule has 0 radical (unpaired) electrons. The molecule has 0 atom stereocenters. The average molecular weight is 527 g/mol. The summed E-state index contributed by atoms with van der Waals surface area (Å²) >= 11 is 6.28. The van der Waals surface area contributed by atoms with Gasteiger partial charge in [-0.3, -0.25) is 4.79 Å². The molecule has 7 heteroatoms. The van der Waals surface area contributed by atoms with Gasteiger partial charge in [-0.05, 0) is 60.0 Å². The molecular formula is C31H31ClN4O2. The minimum Gasteiger partial charge on any atom is -0.496 e. The Morgan fingerprint density at radius 2 is 1.89 bits per heavy atom. The fourth-order valence-electron chi connectivity index (χ4n) is 4.81. The van der Waals surface area contributed by atoms with E-state index < -0.39 is 0 Å². The van der Waals surface area contributed by atoms with Crippen molar-refractivity contribution >= 4 is 29.0 Å². The summed E-state index contributed by atoms with van der Waals surface area (Å²) in [4.78, 5) is 22.1. The Hall–Kier alpha value is -4.03. The molecule has 6 nitrogen and oxygen atoms in total. The number of carbonyl (C=O) groups excluding carboxylic acids is 1. The van der Waals surface area contributed by atoms with Crippen LogP contribution in [-0.4, -0.2) is 43.0 Å². The number of ether oxygens (including phenoxy) is 1. The number of nitrogens with one attached hydrogen (secondary N) is 1. The summed E-state index contributed by atoms with van der Waals surface area (Å²) in [6.45, 7) is 4.99. The topological polar surface area (TPSA) is 57.7 Å². The highest BCUT2D eigenvalue weighted by Crippen LogP contribution is 2.34. The van der Waals surface area contributed by atoms with Crippen molar-refractivity contribution in [3.05, 3.63) is 106 Å². The van der Waals surface area contributed by atoms with Gasteiger partial charge in [0.2, 0.25) is 0 Å². The van der Waals surface area contributed by atoms with E-state index in [0.29, 0.717) is 12.1 Å². The molecule has 1 amide bonds. The smallest absolute Gasteiger partial charge is 0.253 e. The van der Waals surface area contributed by atoms with Crippen molar-refractivity contribution in [2.24, 2.45) is 0 Å². The number of amides is 1. The summed E-state index contributed by atoms with van der Waals surface area (Å²) in [6, 6.07) is 23.6. The number of aromatic nitrogens is 1. The number of methoxy groups -OCH3 is 1. The Morgan fingerprint density at radius 3 is 2.74 bits per heavy atom. The number of para-hydroxylation sites is 1. The van der Waals surface area contributed by atoms with E-state index in [1.165, 1.54) is 11.1 Å². The molecule has 0 bridgehead atoms. The van der Waals surface area contributed by atoms with Crippen LogP contribution in [0.3, 0.4) is 0 Å². The van der Waals surface area contributed by atoms with Gasteiger partial charge in [-0.1, -0.05) is 48.0 Å². The van der Waals surface area contributed by atoms with Crippen LogP contribution < -0.4 is 15.0 Å². The van der Waals surface area contributed by atoms with Crippen molar-refractivity contribution < 1.29 is 9.53 Å². The summed E-state index contributed by atoms with van der Waals surface area (Å²) in [5, 5.41) is 4.15. The number of halogens is 1. The van der Waals surface area contributed by atoms with Crippen molar-refractivity contribution in [3.8, 4) is 16.9 Å². The van der Waals surface area contributed by atoms with Crippen molar-refractivity contribution in [3.63, 3.8) is 0 Å². The van der Waals surface area contributed by atoms with Crippen LogP contribution in [0.15, 0.2) is 79.0 Å². The van der Waals surface area contributed by atoms with Gasteiger partial charge in [-0.2, -0.15) is 0 Å². The number of aryl methyl sites for hydroxylation is 1. The standard InChI is InChI=1S/C31H31ClN4O2/c1-21-11-12-27(32)16-26(21)20-36-14-13-33-30-28(36)17-25(18-34-30)22-8-6-9-23(15-22)31(37)35(2)19-24-7-4-5-10-29(24)38-3/h4-12,15-18H,13-14,19-20H2,1-3H3,(H,33,34). The van der Waals surface area contributed by atoms with E-state index in [-0.39, 0.29) is 5.91 Å². The molecule has 1 aromatic heterocycles. The molecule has 0 spiro atoms. The third-order valence-corrected chi connectivity index (χ3v) is 7.18. The number of fused-ring (bicyclic) bond motifs is 1. The molecule has 5 rings (SSSR count). The first-order chi connectivity index (χ1) is 18.4. The van der Waals surface area contributed by atoms with E-state index in [9.17, 15) is 4.79 Å². The number of benzene rings is 3. The first-order valence-corrected chi connectivity index (χ1v) is 13.0. The third-order valence-electron chi connectivity index (χ3n) is 6.94. The van der Waals surface area contributed by atoms with Gasteiger partial charge in [0.1, 0.15) is 11.6 Å². The van der Waals surface area contributed by atoms with Gasteiger partial charge >= 0.3 is 0 Å². The zero-order valence-electron chi connectivity index (χ0n) is 21.9. The number of hydrogen-bond acceptors (Lipinski definition) is 5. The number of anilines is 2. The van der Waals surface area contributed by atoms with Gasteiger partial charge in [0.15, 0.2) is 0 Å². The number of nitrogens with zero attached hydrogens (tertiary/aromatic N) is 3. The predicted octanol–water partition coefficient (Wildman–Crippen LogP) is 6.42. The second kappa shape index (κ2) is 11.2. The van der Waals surface area contributed by atoms with E-state index in [4.69, 9.17) is 21.3 Å². The molecule has 1 aliphatic rings. The maximum atomic E-state index is 13.3. The van der Waals surface area contributed by atoms with Crippen LogP contribution >= 0.6 is 11.6 Å². The summed E-state index contributed by atoms with van der Waals surface area (Å²) in [5.74, 6) is 1.58. The van der Waals surface area contributed by atoms with Crippen LogP contribution in [0.2, 0.25) is 5.02 Å². The number of rotatable bonds is 7. The molecule has 194 valence electrons. The lowest BCUT2D eigenvalue weighted by Crippen LogP contribution is -2.34. The molecule has 0 aliphatic carbocycles. The molecule has 0 fully saturated rings. The lowest BCUT2D eigenvalue weighted by Gasteiger charge is -2.32. The van der Waals surface area contributed by atoms with E-state index in [1.807, 2.05) is 73.9 Å². The highest BCUT2D eigenvalue weighted by Gasteiger charge is 2.20. The zero-order valence-corrected chi connectivity index (χ0v) is 22.6. The van der Waals surface area contributed by atoms with E-state index >= 15 is 0 Å². The maximum Gasteiger partial charge on any atom is 0.253 e. The SMILES string of the molecule is COc1ccccc1CN(C)C(=O)c1cccc(-c2cnc3c(c2)N(Cc2cc(Cl)ccc2C)CCN3)c1. The van der Waals surface area contributed by atoms with E-state index in [1.54, 1.807) is 12.0 Å². The van der Waals surface area contributed by atoms with Crippen LogP contribution in [0.1, 0.15) is 27.0 Å². The summed E-state index contributed by atoms with van der Waals surface area (Å²) in [7, 11) is 3.45. The summed E-state index contributed by atoms with van der Waals surface area (Å²) in [5.41, 5.74) is 6.94. The van der Waals surface area contributed by atoms with Crippen LogP contribution in [0.4, 0.5) is 11.5 Å². The molecule has 0 saturated carbocycles. The maximum absolute atomic E-state index is 13.3. The molecule has 3 aromatic carbocycles. The number of pyridine rings is 1. The summed E-state index contributed by atoms with van der Waals surface area (Å²) in [6.07, 6.45) is 1.86. The molecule has 1 aliphatic heterocycles. The molecule has 0 unspecified atom stereocenters. The van der Waals surface area contributed by atoms with Gasteiger partial charge in [0.25, 0.3) is 5.91 Å². The average Bonchev–Trinajstić information content (AvgIpc) is 2.95.